The normalized spacial score (nSPS) is 10.6. The summed E-state index contributed by atoms with van der Waals surface area (Å²) in [7, 11) is 6.78. The molecule has 0 aromatic heterocycles. The molecular formula is C17H27Cl3N4O3. The number of carbonyl (C=O) groups excluding carboxylic acids is 1. The van der Waals surface area contributed by atoms with Gasteiger partial charge in [-0.25, -0.2) is 5.43 Å². The molecule has 0 atom stereocenters. The van der Waals surface area contributed by atoms with E-state index in [4.69, 9.17) is 32.7 Å². The van der Waals surface area contributed by atoms with Crippen molar-refractivity contribution in [1.82, 2.24) is 10.3 Å². The first-order valence-corrected chi connectivity index (χ1v) is 9.13. The summed E-state index contributed by atoms with van der Waals surface area (Å²) in [4.78, 5) is 15.4. The zero-order valence-electron chi connectivity index (χ0n) is 16.0. The van der Waals surface area contributed by atoms with Crippen LogP contribution in [0.2, 0.25) is 0 Å². The van der Waals surface area contributed by atoms with Gasteiger partial charge >= 0.3 is 0 Å². The zero-order chi connectivity index (χ0) is 19.5. The number of amides is 1. The summed E-state index contributed by atoms with van der Waals surface area (Å²) in [5.74, 6) is 1.96. The highest BCUT2D eigenvalue weighted by Gasteiger charge is 2.16. The summed E-state index contributed by atoms with van der Waals surface area (Å²) in [6.07, 6.45) is 1.52. The predicted molar refractivity (Wildman–Crippen MR) is 115 cm³/mol. The quantitative estimate of drug-likeness (QED) is 0.324. The molecule has 10 heteroatoms. The van der Waals surface area contributed by atoms with Crippen LogP contribution in [0.5, 0.6) is 11.5 Å². The van der Waals surface area contributed by atoms with E-state index >= 15 is 0 Å². The molecule has 1 rings (SSSR count). The van der Waals surface area contributed by atoms with Crippen molar-refractivity contribution in [2.75, 3.05) is 64.6 Å². The van der Waals surface area contributed by atoms with Crippen LogP contribution >= 0.6 is 35.6 Å². The van der Waals surface area contributed by atoms with Crippen molar-refractivity contribution in [2.24, 2.45) is 5.10 Å². The Morgan fingerprint density at radius 2 is 1.74 bits per heavy atom. The highest BCUT2D eigenvalue weighted by Crippen LogP contribution is 2.35. The van der Waals surface area contributed by atoms with E-state index in [0.717, 1.165) is 5.69 Å². The molecule has 1 aromatic carbocycles. The molecule has 0 spiro atoms. The van der Waals surface area contributed by atoms with Crippen LogP contribution < -0.4 is 19.8 Å². The number of ether oxygens (including phenoxy) is 2. The standard InChI is InChI=1S/C17H26Cl2N4O3.ClH/c1-22(2)12-17(24)21-20-11-13-9-16(26-4)14(10-15(13)25-3)23(7-5-18)8-6-19;/h9-11H,5-8,12H2,1-4H3,(H,21,24);1H. The number of hydrazone groups is 1. The number of benzene rings is 1. The third kappa shape index (κ3) is 8.43. The molecule has 7 nitrogen and oxygen atoms in total. The molecule has 154 valence electrons. The maximum Gasteiger partial charge on any atom is 0.254 e. The molecule has 0 radical (unpaired) electrons. The van der Waals surface area contributed by atoms with Gasteiger partial charge in [0.25, 0.3) is 5.91 Å². The molecule has 0 aliphatic rings. The van der Waals surface area contributed by atoms with Gasteiger partial charge in [-0.3, -0.25) is 4.79 Å². The van der Waals surface area contributed by atoms with Crippen LogP contribution in [0.3, 0.4) is 0 Å². The van der Waals surface area contributed by atoms with E-state index in [9.17, 15) is 4.79 Å². The highest BCUT2D eigenvalue weighted by atomic mass is 35.5. The number of hydrogen-bond acceptors (Lipinski definition) is 6. The van der Waals surface area contributed by atoms with Crippen molar-refractivity contribution in [3.8, 4) is 11.5 Å². The van der Waals surface area contributed by atoms with Crippen LogP contribution in [0.15, 0.2) is 17.2 Å². The first-order valence-electron chi connectivity index (χ1n) is 8.06. The number of nitrogens with zero attached hydrogens (tertiary/aromatic N) is 3. The van der Waals surface area contributed by atoms with E-state index in [0.29, 0.717) is 41.9 Å². The van der Waals surface area contributed by atoms with E-state index < -0.39 is 0 Å². The largest absolute Gasteiger partial charge is 0.496 e. The van der Waals surface area contributed by atoms with Crippen LogP contribution in [0.25, 0.3) is 0 Å². The van der Waals surface area contributed by atoms with Crippen LogP contribution in [0, 0.1) is 0 Å². The Kier molecular flexibility index (Phi) is 13.0. The van der Waals surface area contributed by atoms with Crippen molar-refractivity contribution in [3.05, 3.63) is 17.7 Å². The van der Waals surface area contributed by atoms with Crippen LogP contribution in [-0.2, 0) is 4.79 Å². The lowest BCUT2D eigenvalue weighted by atomic mass is 10.1. The maximum absolute atomic E-state index is 11.7. The summed E-state index contributed by atoms with van der Waals surface area (Å²) in [5.41, 5.74) is 3.99. The second-order valence-electron chi connectivity index (χ2n) is 5.66. The molecule has 0 aliphatic carbocycles. The van der Waals surface area contributed by atoms with Crippen molar-refractivity contribution in [1.29, 1.82) is 0 Å². The number of nitrogens with one attached hydrogen (secondary N) is 1. The molecule has 0 heterocycles. The summed E-state index contributed by atoms with van der Waals surface area (Å²) in [6, 6.07) is 3.64. The minimum Gasteiger partial charge on any atom is -0.496 e. The average Bonchev–Trinajstić information content (AvgIpc) is 2.60. The number of methoxy groups -OCH3 is 2. The molecule has 0 saturated heterocycles. The minimum absolute atomic E-state index is 0. The fraction of sp³-hybridized carbons (Fsp3) is 0.529. The summed E-state index contributed by atoms with van der Waals surface area (Å²) in [6.45, 7) is 1.51. The summed E-state index contributed by atoms with van der Waals surface area (Å²) in [5, 5.41) is 3.98. The fourth-order valence-electron chi connectivity index (χ4n) is 2.31. The average molecular weight is 442 g/mol. The molecule has 0 unspecified atom stereocenters. The van der Waals surface area contributed by atoms with Gasteiger partial charge in [-0.05, 0) is 20.2 Å². The van der Waals surface area contributed by atoms with Gasteiger partial charge in [0.05, 0.1) is 32.7 Å². The zero-order valence-corrected chi connectivity index (χ0v) is 18.3. The topological polar surface area (TPSA) is 66.4 Å². The van der Waals surface area contributed by atoms with Crippen LogP contribution in [0.4, 0.5) is 5.69 Å². The number of alkyl halides is 2. The first kappa shape index (κ1) is 25.6. The monoisotopic (exact) mass is 440 g/mol. The number of halogens is 3. The Morgan fingerprint density at radius 3 is 2.22 bits per heavy atom. The Labute approximate surface area is 177 Å². The van der Waals surface area contributed by atoms with Crippen molar-refractivity contribution >= 4 is 53.4 Å². The molecule has 1 amide bonds. The summed E-state index contributed by atoms with van der Waals surface area (Å²) >= 11 is 11.8. The van der Waals surface area contributed by atoms with Gasteiger partial charge in [0.2, 0.25) is 0 Å². The van der Waals surface area contributed by atoms with Gasteiger partial charge in [0.15, 0.2) is 0 Å². The molecule has 0 saturated carbocycles. The lowest BCUT2D eigenvalue weighted by Gasteiger charge is -2.26. The minimum atomic E-state index is -0.204. The molecule has 1 N–H and O–H groups in total. The summed E-state index contributed by atoms with van der Waals surface area (Å²) < 4.78 is 11.0. The molecule has 0 aliphatic heterocycles. The number of likely N-dealkylation sites (N-methyl/N-ethyl adjacent to an activating group) is 1. The second kappa shape index (κ2) is 13.7. The number of rotatable bonds is 11. The Bertz CT molecular complexity index is 609. The smallest absolute Gasteiger partial charge is 0.254 e. The molecule has 0 fully saturated rings. The maximum atomic E-state index is 11.7. The van der Waals surface area contributed by atoms with Gasteiger partial charge in [-0.2, -0.15) is 5.10 Å². The van der Waals surface area contributed by atoms with Crippen LogP contribution in [0.1, 0.15) is 5.56 Å². The van der Waals surface area contributed by atoms with E-state index in [-0.39, 0.29) is 24.9 Å². The van der Waals surface area contributed by atoms with E-state index in [1.165, 1.54) is 6.21 Å². The lowest BCUT2D eigenvalue weighted by molar-refractivity contribution is -0.121. The van der Waals surface area contributed by atoms with Crippen molar-refractivity contribution < 1.29 is 14.3 Å². The molecule has 0 bridgehead atoms. The third-order valence-corrected chi connectivity index (χ3v) is 3.77. The number of anilines is 1. The SMILES string of the molecule is COc1cc(N(CCCl)CCCl)c(OC)cc1C=NNC(=O)CN(C)C.Cl. The van der Waals surface area contributed by atoms with E-state index in [1.54, 1.807) is 25.2 Å². The van der Waals surface area contributed by atoms with Crippen LogP contribution in [-0.4, -0.2) is 76.7 Å². The van der Waals surface area contributed by atoms with Gasteiger partial charge < -0.3 is 19.3 Å². The Morgan fingerprint density at radius 1 is 1.15 bits per heavy atom. The van der Waals surface area contributed by atoms with Crippen molar-refractivity contribution in [3.63, 3.8) is 0 Å². The third-order valence-electron chi connectivity index (χ3n) is 3.43. The lowest BCUT2D eigenvalue weighted by Crippen LogP contribution is -2.30. The fourth-order valence-corrected chi connectivity index (χ4v) is 2.71. The molecular weight excluding hydrogens is 415 g/mol. The Hall–Kier alpha value is -1.41. The number of hydrogen-bond donors (Lipinski definition) is 1. The van der Waals surface area contributed by atoms with Gasteiger partial charge in [-0.1, -0.05) is 0 Å². The predicted octanol–water partition coefficient (Wildman–Crippen LogP) is 2.42. The van der Waals surface area contributed by atoms with Crippen molar-refractivity contribution in [2.45, 2.75) is 0 Å². The molecule has 27 heavy (non-hydrogen) atoms. The Balaban J connectivity index is 0.00000676. The highest BCUT2D eigenvalue weighted by molar-refractivity contribution is 6.18. The first-order chi connectivity index (χ1) is 12.5. The molecule has 1 aromatic rings. The second-order valence-corrected chi connectivity index (χ2v) is 6.42. The van der Waals surface area contributed by atoms with Gasteiger partial charge in [-0.15, -0.1) is 35.6 Å². The van der Waals surface area contributed by atoms with E-state index in [2.05, 4.69) is 10.5 Å². The number of carbonyl (C=O) groups is 1. The van der Waals surface area contributed by atoms with Gasteiger partial charge in [0.1, 0.15) is 11.5 Å². The van der Waals surface area contributed by atoms with E-state index in [1.807, 2.05) is 25.1 Å². The van der Waals surface area contributed by atoms with Gasteiger partial charge in [0, 0.05) is 36.5 Å².